The Morgan fingerprint density at radius 1 is 1.52 bits per heavy atom. The predicted molar refractivity (Wildman–Crippen MR) is 81.1 cm³/mol. The van der Waals surface area contributed by atoms with Crippen molar-refractivity contribution < 1.29 is 14.5 Å². The second kappa shape index (κ2) is 6.76. The molecule has 0 saturated heterocycles. The van der Waals surface area contributed by atoms with Crippen LogP contribution in [0, 0.1) is 10.1 Å². The van der Waals surface area contributed by atoms with Crippen molar-refractivity contribution in [2.24, 2.45) is 0 Å². The molecule has 1 aromatic carbocycles. The second-order valence-corrected chi connectivity index (χ2v) is 5.79. The summed E-state index contributed by atoms with van der Waals surface area (Å²) in [6.45, 7) is 7.24. The first-order valence-corrected chi connectivity index (χ1v) is 7.01. The maximum absolute atomic E-state index is 12.4. The van der Waals surface area contributed by atoms with Gasteiger partial charge in [0, 0.05) is 6.07 Å². The van der Waals surface area contributed by atoms with Gasteiger partial charge in [0.1, 0.15) is 0 Å². The van der Waals surface area contributed by atoms with Crippen LogP contribution in [-0.4, -0.2) is 28.4 Å². The molecule has 0 aliphatic heterocycles. The molecular formula is C14H19ClN2O4. The highest BCUT2D eigenvalue weighted by atomic mass is 35.5. The molecule has 1 amide bonds. The molecule has 1 N–H and O–H groups in total. The molecule has 21 heavy (non-hydrogen) atoms. The van der Waals surface area contributed by atoms with Crippen LogP contribution in [0.2, 0.25) is 0 Å². The lowest BCUT2D eigenvalue weighted by Gasteiger charge is -2.29. The van der Waals surface area contributed by atoms with Crippen LogP contribution in [0.3, 0.4) is 0 Å². The number of nitrogens with one attached hydrogen (secondary N) is 1. The Hall–Kier alpha value is -1.82. The third-order valence-electron chi connectivity index (χ3n) is 3.15. The van der Waals surface area contributed by atoms with Gasteiger partial charge >= 0.3 is 5.69 Å². The first kappa shape index (κ1) is 17.2. The van der Waals surface area contributed by atoms with Gasteiger partial charge in [0.2, 0.25) is 5.75 Å². The van der Waals surface area contributed by atoms with E-state index in [9.17, 15) is 14.9 Å². The molecule has 1 unspecified atom stereocenters. The standard InChI is InChI=1S/C14H19ClN2O4/c1-5-21-12-10(7-6-8-11(12)17(19)20)13(18)16-14(3,4)9(2)15/h6-9H,5H2,1-4H3,(H,16,18). The second-order valence-electron chi connectivity index (χ2n) is 5.14. The minimum Gasteiger partial charge on any atom is -0.487 e. The summed E-state index contributed by atoms with van der Waals surface area (Å²) in [6, 6.07) is 4.24. The van der Waals surface area contributed by atoms with Crippen LogP contribution in [0.25, 0.3) is 0 Å². The zero-order valence-corrected chi connectivity index (χ0v) is 13.2. The maximum atomic E-state index is 12.4. The number of carbonyl (C=O) groups excluding carboxylic acids is 1. The first-order chi connectivity index (χ1) is 9.70. The van der Waals surface area contributed by atoms with Crippen molar-refractivity contribution in [1.29, 1.82) is 0 Å². The molecule has 0 saturated carbocycles. The number of benzene rings is 1. The average molecular weight is 315 g/mol. The Morgan fingerprint density at radius 3 is 2.62 bits per heavy atom. The van der Waals surface area contributed by atoms with E-state index in [4.69, 9.17) is 16.3 Å². The molecule has 0 aromatic heterocycles. The van der Waals surface area contributed by atoms with Crippen molar-refractivity contribution in [1.82, 2.24) is 5.32 Å². The van der Waals surface area contributed by atoms with Crippen molar-refractivity contribution in [2.45, 2.75) is 38.6 Å². The number of carbonyl (C=O) groups is 1. The molecule has 0 aliphatic rings. The highest BCUT2D eigenvalue weighted by molar-refractivity contribution is 6.21. The van der Waals surface area contributed by atoms with Crippen LogP contribution in [-0.2, 0) is 0 Å². The van der Waals surface area contributed by atoms with E-state index in [0.29, 0.717) is 0 Å². The summed E-state index contributed by atoms with van der Waals surface area (Å²) < 4.78 is 5.29. The molecule has 116 valence electrons. The van der Waals surface area contributed by atoms with E-state index in [1.54, 1.807) is 27.7 Å². The number of hydrogen-bond donors (Lipinski definition) is 1. The van der Waals surface area contributed by atoms with Gasteiger partial charge in [0.25, 0.3) is 5.91 Å². The number of amides is 1. The molecule has 0 aliphatic carbocycles. The largest absolute Gasteiger partial charge is 0.487 e. The zero-order valence-electron chi connectivity index (χ0n) is 12.5. The summed E-state index contributed by atoms with van der Waals surface area (Å²) in [5, 5.41) is 13.5. The van der Waals surface area contributed by atoms with Gasteiger partial charge in [-0.25, -0.2) is 0 Å². The van der Waals surface area contributed by atoms with E-state index in [-0.39, 0.29) is 29.0 Å². The molecule has 0 bridgehead atoms. The number of hydrogen-bond acceptors (Lipinski definition) is 4. The lowest BCUT2D eigenvalue weighted by Crippen LogP contribution is -2.49. The Balaban J connectivity index is 3.20. The molecule has 0 fully saturated rings. The number of nitrogens with zero attached hydrogens (tertiary/aromatic N) is 1. The Bertz CT molecular complexity index is 544. The summed E-state index contributed by atoms with van der Waals surface area (Å²) in [6.07, 6.45) is 0. The van der Waals surface area contributed by atoms with Crippen molar-refractivity contribution in [3.63, 3.8) is 0 Å². The quantitative estimate of drug-likeness (QED) is 0.497. The summed E-state index contributed by atoms with van der Waals surface area (Å²) in [5.41, 5.74) is -0.773. The van der Waals surface area contributed by atoms with Gasteiger partial charge in [-0.05, 0) is 33.8 Å². The fourth-order valence-corrected chi connectivity index (χ4v) is 1.66. The minimum absolute atomic E-state index is 0.0273. The third kappa shape index (κ3) is 4.07. The number of nitro groups is 1. The number of rotatable bonds is 6. The van der Waals surface area contributed by atoms with Crippen LogP contribution in [0.5, 0.6) is 5.75 Å². The van der Waals surface area contributed by atoms with Crippen LogP contribution in [0.4, 0.5) is 5.69 Å². The molecule has 1 atom stereocenters. The molecule has 0 spiro atoms. The highest BCUT2D eigenvalue weighted by Gasteiger charge is 2.29. The molecule has 1 aromatic rings. The molecule has 6 nitrogen and oxygen atoms in total. The van der Waals surface area contributed by atoms with E-state index in [2.05, 4.69) is 5.32 Å². The van der Waals surface area contributed by atoms with E-state index in [1.165, 1.54) is 18.2 Å². The third-order valence-corrected chi connectivity index (χ3v) is 3.70. The summed E-state index contributed by atoms with van der Waals surface area (Å²) in [4.78, 5) is 22.8. The average Bonchev–Trinajstić information content (AvgIpc) is 2.38. The minimum atomic E-state index is -0.660. The lowest BCUT2D eigenvalue weighted by atomic mass is 10.0. The number of halogens is 1. The Labute approximate surface area is 128 Å². The van der Waals surface area contributed by atoms with Gasteiger partial charge in [-0.3, -0.25) is 14.9 Å². The topological polar surface area (TPSA) is 81.5 Å². The van der Waals surface area contributed by atoms with Crippen molar-refractivity contribution in [3.05, 3.63) is 33.9 Å². The number of nitro benzene ring substituents is 1. The van der Waals surface area contributed by atoms with E-state index < -0.39 is 16.4 Å². The molecule has 0 heterocycles. The summed E-state index contributed by atoms with van der Waals surface area (Å²) in [5.74, 6) is -0.486. The SMILES string of the molecule is CCOc1c(C(=O)NC(C)(C)C(C)Cl)cccc1[N+](=O)[O-]. The van der Waals surface area contributed by atoms with Gasteiger partial charge in [-0.1, -0.05) is 6.07 Å². The first-order valence-electron chi connectivity index (χ1n) is 6.57. The zero-order chi connectivity index (χ0) is 16.2. The number of para-hydroxylation sites is 1. The smallest absolute Gasteiger partial charge is 0.311 e. The van der Waals surface area contributed by atoms with E-state index in [1.807, 2.05) is 0 Å². The molecule has 7 heteroatoms. The molecule has 1 rings (SSSR count). The van der Waals surface area contributed by atoms with Gasteiger partial charge < -0.3 is 10.1 Å². The Kier molecular flexibility index (Phi) is 5.54. The van der Waals surface area contributed by atoms with Gasteiger partial charge in [0.15, 0.2) is 0 Å². The number of alkyl halides is 1. The van der Waals surface area contributed by atoms with Gasteiger partial charge in [-0.2, -0.15) is 0 Å². The van der Waals surface area contributed by atoms with Crippen molar-refractivity contribution >= 4 is 23.2 Å². The van der Waals surface area contributed by atoms with E-state index in [0.717, 1.165) is 0 Å². The Morgan fingerprint density at radius 2 is 2.14 bits per heavy atom. The molecule has 0 radical (unpaired) electrons. The lowest BCUT2D eigenvalue weighted by molar-refractivity contribution is -0.385. The fourth-order valence-electron chi connectivity index (χ4n) is 1.60. The number of ether oxygens (including phenoxy) is 1. The van der Waals surface area contributed by atoms with Crippen molar-refractivity contribution in [3.8, 4) is 5.75 Å². The van der Waals surface area contributed by atoms with E-state index >= 15 is 0 Å². The summed E-state index contributed by atoms with van der Waals surface area (Å²) in [7, 11) is 0. The predicted octanol–water partition coefficient (Wildman–Crippen LogP) is 3.13. The van der Waals surface area contributed by atoms with Crippen molar-refractivity contribution in [2.75, 3.05) is 6.61 Å². The van der Waals surface area contributed by atoms with Crippen LogP contribution in [0.1, 0.15) is 38.1 Å². The fraction of sp³-hybridized carbons (Fsp3) is 0.500. The highest BCUT2D eigenvalue weighted by Crippen LogP contribution is 2.31. The summed E-state index contributed by atoms with van der Waals surface area (Å²) >= 11 is 6.03. The van der Waals surface area contributed by atoms with Gasteiger partial charge in [-0.15, -0.1) is 11.6 Å². The maximum Gasteiger partial charge on any atom is 0.311 e. The van der Waals surface area contributed by atoms with Gasteiger partial charge in [0.05, 0.1) is 28.0 Å². The normalized spacial score (nSPS) is 12.6. The van der Waals surface area contributed by atoms with Crippen LogP contribution in [0.15, 0.2) is 18.2 Å². The molecular weight excluding hydrogens is 296 g/mol. The monoisotopic (exact) mass is 314 g/mol. The van der Waals surface area contributed by atoms with Crippen LogP contribution >= 0.6 is 11.6 Å². The van der Waals surface area contributed by atoms with Crippen LogP contribution < -0.4 is 10.1 Å².